The molecule has 19 heavy (non-hydrogen) atoms. The number of rotatable bonds is 13. The third-order valence-electron chi connectivity index (χ3n) is 2.11. The lowest BCUT2D eigenvalue weighted by Crippen LogP contribution is -2.21. The number of carboxylic acids is 1. The van der Waals surface area contributed by atoms with Crippen molar-refractivity contribution in [1.29, 1.82) is 0 Å². The minimum Gasteiger partial charge on any atom is -0.550 e. The molecule has 0 aromatic carbocycles. The molecule has 0 amide bonds. The number of carbonyl (C=O) groups excluding carboxylic acids is 2. The summed E-state index contributed by atoms with van der Waals surface area (Å²) in [5.74, 6) is -1.47. The normalized spacial score (nSPS) is 10.4. The molecule has 0 saturated heterocycles. The van der Waals surface area contributed by atoms with Crippen LogP contribution in [0.2, 0.25) is 0 Å². The number of aliphatic carboxylic acids is 1. The molecule has 0 radical (unpaired) electrons. The lowest BCUT2D eigenvalue weighted by Gasteiger charge is -2.06. The summed E-state index contributed by atoms with van der Waals surface area (Å²) in [5, 5.41) is 18.5. The Balaban J connectivity index is 3.18. The van der Waals surface area contributed by atoms with Crippen LogP contribution in [0.5, 0.6) is 0 Å². The van der Waals surface area contributed by atoms with E-state index in [-0.39, 0.29) is 45.2 Å². The van der Waals surface area contributed by atoms with Crippen LogP contribution in [0.4, 0.5) is 0 Å². The van der Waals surface area contributed by atoms with Crippen LogP contribution >= 0.6 is 0 Å². The average molecular weight is 277 g/mol. The van der Waals surface area contributed by atoms with Gasteiger partial charge in [-0.25, -0.2) is 0 Å². The fourth-order valence-electron chi connectivity index (χ4n) is 1.21. The fraction of sp³-hybridized carbons (Fsp3) is 0.833. The van der Waals surface area contributed by atoms with Crippen LogP contribution in [0.3, 0.4) is 0 Å². The summed E-state index contributed by atoms with van der Waals surface area (Å²) in [5.41, 5.74) is 0. The lowest BCUT2D eigenvalue weighted by atomic mass is 10.2. The second kappa shape index (κ2) is 13.3. The van der Waals surface area contributed by atoms with Gasteiger partial charge in [0.1, 0.15) is 6.61 Å². The smallest absolute Gasteiger partial charge is 0.305 e. The van der Waals surface area contributed by atoms with Gasteiger partial charge in [0.2, 0.25) is 0 Å². The van der Waals surface area contributed by atoms with Gasteiger partial charge in [-0.1, -0.05) is 0 Å². The van der Waals surface area contributed by atoms with Crippen LogP contribution in [0, 0.1) is 0 Å². The number of carboxylic acid groups (broad SMARTS) is 1. The Kier molecular flexibility index (Phi) is 12.4. The van der Waals surface area contributed by atoms with Crippen LogP contribution < -0.4 is 5.11 Å². The minimum absolute atomic E-state index is 0.0183. The standard InChI is InChI=1S/C12H22O7/c13-5-6-17-7-8-18-9-10-19-12(16)4-2-1-3-11(14)15/h13H,1-10H2,(H,14,15)/p-1. The first-order valence-electron chi connectivity index (χ1n) is 6.28. The summed E-state index contributed by atoms with van der Waals surface area (Å²) in [4.78, 5) is 21.3. The van der Waals surface area contributed by atoms with E-state index < -0.39 is 5.97 Å². The molecule has 0 saturated carbocycles. The van der Waals surface area contributed by atoms with Gasteiger partial charge in [-0.3, -0.25) is 4.79 Å². The van der Waals surface area contributed by atoms with Crippen molar-refractivity contribution in [1.82, 2.24) is 0 Å². The van der Waals surface area contributed by atoms with Gasteiger partial charge in [0.15, 0.2) is 0 Å². The third kappa shape index (κ3) is 14.8. The molecular weight excluding hydrogens is 256 g/mol. The number of aliphatic hydroxyl groups is 1. The molecule has 0 aliphatic rings. The topological polar surface area (TPSA) is 105 Å². The van der Waals surface area contributed by atoms with Gasteiger partial charge >= 0.3 is 5.97 Å². The zero-order valence-electron chi connectivity index (χ0n) is 11.0. The van der Waals surface area contributed by atoms with Crippen molar-refractivity contribution in [3.63, 3.8) is 0 Å². The van der Waals surface area contributed by atoms with Crippen molar-refractivity contribution < 1.29 is 34.0 Å². The van der Waals surface area contributed by atoms with Gasteiger partial charge in [0.05, 0.1) is 33.0 Å². The van der Waals surface area contributed by atoms with E-state index in [1.54, 1.807) is 0 Å². The summed E-state index contributed by atoms with van der Waals surface area (Å²) in [6, 6.07) is 0. The molecule has 0 aromatic rings. The van der Waals surface area contributed by atoms with Crippen LogP contribution in [0.1, 0.15) is 25.7 Å². The summed E-state index contributed by atoms with van der Waals surface area (Å²) in [7, 11) is 0. The van der Waals surface area contributed by atoms with E-state index in [1.165, 1.54) is 0 Å². The van der Waals surface area contributed by atoms with E-state index >= 15 is 0 Å². The number of unbranched alkanes of at least 4 members (excludes halogenated alkanes) is 1. The molecular formula is C12H21O7-. The minimum atomic E-state index is -1.11. The van der Waals surface area contributed by atoms with Crippen LogP contribution in [-0.2, 0) is 23.8 Å². The fourth-order valence-corrected chi connectivity index (χ4v) is 1.21. The van der Waals surface area contributed by atoms with Crippen molar-refractivity contribution in [2.24, 2.45) is 0 Å². The maximum atomic E-state index is 11.2. The Hall–Kier alpha value is -1.18. The molecule has 0 unspecified atom stereocenters. The predicted octanol–water partition coefficient (Wildman–Crippen LogP) is -1.13. The predicted molar refractivity (Wildman–Crippen MR) is 63.2 cm³/mol. The molecule has 112 valence electrons. The molecule has 0 heterocycles. The Morgan fingerprint density at radius 3 is 2.11 bits per heavy atom. The molecule has 0 fully saturated rings. The van der Waals surface area contributed by atoms with Gasteiger partial charge in [-0.2, -0.15) is 0 Å². The summed E-state index contributed by atoms with van der Waals surface area (Å²) >= 11 is 0. The van der Waals surface area contributed by atoms with E-state index in [1.807, 2.05) is 0 Å². The highest BCUT2D eigenvalue weighted by atomic mass is 16.6. The van der Waals surface area contributed by atoms with Crippen molar-refractivity contribution in [3.05, 3.63) is 0 Å². The van der Waals surface area contributed by atoms with E-state index in [0.717, 1.165) is 0 Å². The zero-order chi connectivity index (χ0) is 14.3. The van der Waals surface area contributed by atoms with Gasteiger partial charge in [0.25, 0.3) is 0 Å². The number of hydrogen-bond acceptors (Lipinski definition) is 7. The number of aliphatic hydroxyl groups excluding tert-OH is 1. The first-order valence-corrected chi connectivity index (χ1v) is 6.28. The van der Waals surface area contributed by atoms with Gasteiger partial charge in [-0.05, 0) is 19.3 Å². The molecule has 0 aliphatic carbocycles. The molecule has 0 atom stereocenters. The third-order valence-corrected chi connectivity index (χ3v) is 2.11. The average Bonchev–Trinajstić information content (AvgIpc) is 2.37. The molecule has 7 heteroatoms. The van der Waals surface area contributed by atoms with Crippen molar-refractivity contribution in [3.8, 4) is 0 Å². The van der Waals surface area contributed by atoms with Gasteiger partial charge in [-0.15, -0.1) is 0 Å². The lowest BCUT2D eigenvalue weighted by molar-refractivity contribution is -0.305. The Bertz CT molecular complexity index is 242. The highest BCUT2D eigenvalue weighted by Crippen LogP contribution is 2.00. The quantitative estimate of drug-likeness (QED) is 0.335. The zero-order valence-corrected chi connectivity index (χ0v) is 11.0. The Morgan fingerprint density at radius 2 is 1.47 bits per heavy atom. The van der Waals surface area contributed by atoms with E-state index in [0.29, 0.717) is 26.1 Å². The Labute approximate surface area is 112 Å². The molecule has 1 N–H and O–H groups in total. The first kappa shape index (κ1) is 17.8. The maximum absolute atomic E-state index is 11.2. The molecule has 0 aliphatic heterocycles. The number of ether oxygens (including phenoxy) is 3. The SMILES string of the molecule is O=C([O-])CCCCC(=O)OCCOCCOCCO. The van der Waals surface area contributed by atoms with Gasteiger partial charge in [0, 0.05) is 12.4 Å². The van der Waals surface area contributed by atoms with Crippen LogP contribution in [0.15, 0.2) is 0 Å². The van der Waals surface area contributed by atoms with Crippen molar-refractivity contribution in [2.45, 2.75) is 25.7 Å². The summed E-state index contributed by atoms with van der Waals surface area (Å²) in [6.45, 7) is 1.48. The largest absolute Gasteiger partial charge is 0.550 e. The molecule has 0 rings (SSSR count). The van der Waals surface area contributed by atoms with Gasteiger partial charge < -0.3 is 29.2 Å². The molecule has 0 bridgehead atoms. The number of esters is 1. The molecule has 0 aromatic heterocycles. The van der Waals surface area contributed by atoms with Crippen LogP contribution in [-0.4, -0.2) is 56.7 Å². The number of carbonyl (C=O) groups is 2. The first-order chi connectivity index (χ1) is 9.16. The van der Waals surface area contributed by atoms with Crippen LogP contribution in [0.25, 0.3) is 0 Å². The summed E-state index contributed by atoms with van der Waals surface area (Å²) in [6.07, 6.45) is 1.05. The second-order valence-electron chi connectivity index (χ2n) is 3.75. The van der Waals surface area contributed by atoms with E-state index in [4.69, 9.17) is 19.3 Å². The van der Waals surface area contributed by atoms with Crippen molar-refractivity contribution >= 4 is 11.9 Å². The van der Waals surface area contributed by atoms with E-state index in [9.17, 15) is 14.7 Å². The second-order valence-corrected chi connectivity index (χ2v) is 3.75. The highest BCUT2D eigenvalue weighted by Gasteiger charge is 2.02. The summed E-state index contributed by atoms with van der Waals surface area (Å²) < 4.78 is 14.9. The monoisotopic (exact) mass is 277 g/mol. The van der Waals surface area contributed by atoms with E-state index in [2.05, 4.69) is 0 Å². The Morgan fingerprint density at radius 1 is 0.895 bits per heavy atom. The maximum Gasteiger partial charge on any atom is 0.305 e. The highest BCUT2D eigenvalue weighted by molar-refractivity contribution is 5.69. The number of hydrogen-bond donors (Lipinski definition) is 1. The van der Waals surface area contributed by atoms with Crippen molar-refractivity contribution in [2.75, 3.05) is 39.6 Å². The molecule has 0 spiro atoms. The molecule has 7 nitrogen and oxygen atoms in total.